The maximum Gasteiger partial charge on any atom is 0.354 e. The molecule has 0 unspecified atom stereocenters. The number of ether oxygens (including phenoxy) is 1. The van der Waals surface area contributed by atoms with Crippen molar-refractivity contribution < 1.29 is 23.8 Å². The van der Waals surface area contributed by atoms with Crippen molar-refractivity contribution in [3.8, 4) is 5.75 Å². The molecule has 1 aliphatic rings. The van der Waals surface area contributed by atoms with Gasteiger partial charge < -0.3 is 15.2 Å². The fourth-order valence-corrected chi connectivity index (χ4v) is 2.43. The molecule has 6 nitrogen and oxygen atoms in total. The smallest absolute Gasteiger partial charge is 0.354 e. The number of benzene rings is 1. The van der Waals surface area contributed by atoms with E-state index in [1.165, 1.54) is 24.4 Å². The van der Waals surface area contributed by atoms with Crippen LogP contribution in [0.2, 0.25) is 0 Å². The normalized spacial score (nSPS) is 16.1. The van der Waals surface area contributed by atoms with Crippen LogP contribution in [0.4, 0.5) is 4.39 Å². The van der Waals surface area contributed by atoms with Crippen molar-refractivity contribution in [2.75, 3.05) is 6.61 Å². The lowest BCUT2D eigenvalue weighted by molar-refractivity contribution is 0.0689. The fraction of sp³-hybridized carbons (Fsp3) is 0.188. The van der Waals surface area contributed by atoms with E-state index >= 15 is 0 Å². The van der Waals surface area contributed by atoms with Gasteiger partial charge in [0.15, 0.2) is 11.6 Å². The van der Waals surface area contributed by atoms with Gasteiger partial charge in [-0.2, -0.15) is 0 Å². The second-order valence-electron chi connectivity index (χ2n) is 5.06. The molecular weight excluding hydrogens is 303 g/mol. The minimum atomic E-state index is -1.16. The maximum atomic E-state index is 13.7. The first kappa shape index (κ1) is 15.0. The van der Waals surface area contributed by atoms with Crippen LogP contribution in [0, 0.1) is 5.82 Å². The molecule has 0 aliphatic carbocycles. The molecule has 0 spiro atoms. The summed E-state index contributed by atoms with van der Waals surface area (Å²) >= 11 is 0. The molecule has 1 atom stereocenters. The van der Waals surface area contributed by atoms with Gasteiger partial charge >= 0.3 is 5.97 Å². The first-order chi connectivity index (χ1) is 11.1. The van der Waals surface area contributed by atoms with E-state index in [4.69, 9.17) is 9.84 Å². The van der Waals surface area contributed by atoms with Crippen LogP contribution in [-0.2, 0) is 0 Å². The highest BCUT2D eigenvalue weighted by Gasteiger charge is 2.25. The molecule has 0 fully saturated rings. The summed E-state index contributed by atoms with van der Waals surface area (Å²) in [7, 11) is 0. The predicted octanol–water partition coefficient (Wildman–Crippen LogP) is 2.17. The molecule has 118 valence electrons. The van der Waals surface area contributed by atoms with Crippen molar-refractivity contribution in [3.63, 3.8) is 0 Å². The molecule has 2 aromatic rings. The van der Waals surface area contributed by atoms with Crippen molar-refractivity contribution in [1.82, 2.24) is 10.3 Å². The Morgan fingerprint density at radius 2 is 2.13 bits per heavy atom. The molecule has 0 saturated heterocycles. The van der Waals surface area contributed by atoms with Crippen molar-refractivity contribution in [2.45, 2.75) is 12.5 Å². The van der Waals surface area contributed by atoms with Crippen LogP contribution in [0.25, 0.3) is 0 Å². The lowest BCUT2D eigenvalue weighted by Gasteiger charge is -2.26. The van der Waals surface area contributed by atoms with Gasteiger partial charge in [0.2, 0.25) is 0 Å². The second-order valence-corrected chi connectivity index (χ2v) is 5.06. The highest BCUT2D eigenvalue weighted by Crippen LogP contribution is 2.34. The van der Waals surface area contributed by atoms with E-state index in [0.717, 1.165) is 0 Å². The molecule has 0 radical (unpaired) electrons. The summed E-state index contributed by atoms with van der Waals surface area (Å²) in [5.41, 5.74) is 0.680. The number of hydrogen-bond acceptors (Lipinski definition) is 4. The van der Waals surface area contributed by atoms with E-state index in [0.29, 0.717) is 18.6 Å². The van der Waals surface area contributed by atoms with Crippen LogP contribution in [0.15, 0.2) is 36.5 Å². The minimum Gasteiger partial charge on any atom is -0.490 e. The SMILES string of the molecule is O=C(N[C@H]1CCOc2c(F)cccc21)c1ccc(C(=O)O)nc1. The number of halogens is 1. The number of carboxylic acids is 1. The van der Waals surface area contributed by atoms with Crippen molar-refractivity contribution in [2.24, 2.45) is 0 Å². The van der Waals surface area contributed by atoms with Crippen molar-refractivity contribution >= 4 is 11.9 Å². The van der Waals surface area contributed by atoms with Gasteiger partial charge in [-0.25, -0.2) is 14.2 Å². The zero-order valence-electron chi connectivity index (χ0n) is 12.0. The molecular formula is C16H13FN2O4. The summed E-state index contributed by atoms with van der Waals surface area (Å²) in [6.07, 6.45) is 1.72. The summed E-state index contributed by atoms with van der Waals surface area (Å²) in [5.74, 6) is -1.88. The summed E-state index contributed by atoms with van der Waals surface area (Å²) < 4.78 is 19.0. The molecule has 0 bridgehead atoms. The molecule has 1 aromatic heterocycles. The number of fused-ring (bicyclic) bond motifs is 1. The largest absolute Gasteiger partial charge is 0.490 e. The number of para-hydroxylation sites is 1. The summed E-state index contributed by atoms with van der Waals surface area (Å²) in [6.45, 7) is 0.301. The van der Waals surface area contributed by atoms with E-state index in [9.17, 15) is 14.0 Å². The lowest BCUT2D eigenvalue weighted by Crippen LogP contribution is -2.32. The van der Waals surface area contributed by atoms with Gasteiger partial charge in [-0.05, 0) is 18.2 Å². The Morgan fingerprint density at radius 3 is 2.83 bits per heavy atom. The Morgan fingerprint density at radius 1 is 1.30 bits per heavy atom. The number of carbonyl (C=O) groups is 2. The van der Waals surface area contributed by atoms with Gasteiger partial charge in [-0.1, -0.05) is 12.1 Å². The van der Waals surface area contributed by atoms with Gasteiger partial charge in [-0.3, -0.25) is 4.79 Å². The van der Waals surface area contributed by atoms with Gasteiger partial charge in [0, 0.05) is 18.2 Å². The Hall–Kier alpha value is -2.96. The van der Waals surface area contributed by atoms with Gasteiger partial charge in [-0.15, -0.1) is 0 Å². The predicted molar refractivity (Wildman–Crippen MR) is 77.9 cm³/mol. The van der Waals surface area contributed by atoms with Crippen LogP contribution in [0.3, 0.4) is 0 Å². The first-order valence-corrected chi connectivity index (χ1v) is 6.97. The number of nitrogens with one attached hydrogen (secondary N) is 1. The molecule has 7 heteroatoms. The van der Waals surface area contributed by atoms with Crippen molar-refractivity contribution in [3.05, 3.63) is 59.2 Å². The molecule has 1 aliphatic heterocycles. The Bertz CT molecular complexity index is 761. The van der Waals surface area contributed by atoms with E-state index < -0.39 is 17.7 Å². The third-order valence-corrected chi connectivity index (χ3v) is 3.58. The van der Waals surface area contributed by atoms with Crippen LogP contribution in [0.5, 0.6) is 5.75 Å². The standard InChI is InChI=1S/C16H13FN2O4/c17-11-3-1-2-10-12(6-7-23-14(10)11)19-15(20)9-4-5-13(16(21)22)18-8-9/h1-5,8,12H,6-7H2,(H,19,20)(H,21,22)/t12-/m0/s1. The highest BCUT2D eigenvalue weighted by atomic mass is 19.1. The lowest BCUT2D eigenvalue weighted by atomic mass is 10.00. The number of amides is 1. The molecule has 1 aromatic carbocycles. The zero-order chi connectivity index (χ0) is 16.4. The number of aromatic carboxylic acids is 1. The van der Waals surface area contributed by atoms with E-state index in [1.54, 1.807) is 12.1 Å². The zero-order valence-corrected chi connectivity index (χ0v) is 12.0. The van der Waals surface area contributed by atoms with Crippen LogP contribution < -0.4 is 10.1 Å². The molecule has 2 heterocycles. The van der Waals surface area contributed by atoms with Gasteiger partial charge in [0.1, 0.15) is 5.69 Å². The highest BCUT2D eigenvalue weighted by molar-refractivity contribution is 5.95. The van der Waals surface area contributed by atoms with Gasteiger partial charge in [0.25, 0.3) is 5.91 Å². The Labute approximate surface area is 130 Å². The van der Waals surface area contributed by atoms with E-state index in [1.807, 2.05) is 0 Å². The second kappa shape index (κ2) is 6.04. The van der Waals surface area contributed by atoms with Crippen LogP contribution in [0.1, 0.15) is 38.9 Å². The third kappa shape index (κ3) is 2.98. The number of rotatable bonds is 3. The topological polar surface area (TPSA) is 88.5 Å². The van der Waals surface area contributed by atoms with Gasteiger partial charge in [0.05, 0.1) is 18.2 Å². The third-order valence-electron chi connectivity index (χ3n) is 3.58. The average Bonchev–Trinajstić information content (AvgIpc) is 2.56. The molecule has 2 N–H and O–H groups in total. The summed E-state index contributed by atoms with van der Waals surface area (Å²) in [6, 6.07) is 6.84. The monoisotopic (exact) mass is 316 g/mol. The summed E-state index contributed by atoms with van der Waals surface area (Å²) in [4.78, 5) is 26.7. The minimum absolute atomic E-state index is 0.139. The number of carbonyl (C=O) groups excluding carboxylic acids is 1. The number of hydrogen-bond donors (Lipinski definition) is 2. The number of nitrogens with zero attached hydrogens (tertiary/aromatic N) is 1. The Kier molecular flexibility index (Phi) is 3.92. The number of aromatic nitrogens is 1. The summed E-state index contributed by atoms with van der Waals surface area (Å²) in [5, 5.41) is 11.6. The van der Waals surface area contributed by atoms with E-state index in [-0.39, 0.29) is 23.0 Å². The van der Waals surface area contributed by atoms with Crippen molar-refractivity contribution in [1.29, 1.82) is 0 Å². The molecule has 0 saturated carbocycles. The number of pyridine rings is 1. The average molecular weight is 316 g/mol. The first-order valence-electron chi connectivity index (χ1n) is 6.97. The molecule has 1 amide bonds. The van der Waals surface area contributed by atoms with Crippen LogP contribution >= 0.6 is 0 Å². The van der Waals surface area contributed by atoms with Crippen LogP contribution in [-0.4, -0.2) is 28.6 Å². The number of carboxylic acid groups (broad SMARTS) is 1. The van der Waals surface area contributed by atoms with E-state index in [2.05, 4.69) is 10.3 Å². The molecule has 23 heavy (non-hydrogen) atoms. The Balaban J connectivity index is 1.79. The molecule has 3 rings (SSSR count). The fourth-order valence-electron chi connectivity index (χ4n) is 2.43. The quantitative estimate of drug-likeness (QED) is 0.906. The maximum absolute atomic E-state index is 13.7.